The summed E-state index contributed by atoms with van der Waals surface area (Å²) in [5.41, 5.74) is 6.65. The van der Waals surface area contributed by atoms with Gasteiger partial charge in [0, 0.05) is 31.2 Å². The number of aliphatic hydroxyl groups excluding tert-OH is 1. The lowest BCUT2D eigenvalue weighted by molar-refractivity contribution is 0.158. The second-order valence-electron chi connectivity index (χ2n) is 8.33. The van der Waals surface area contributed by atoms with Gasteiger partial charge in [-0.2, -0.15) is 0 Å². The molecule has 2 N–H and O–H groups in total. The Morgan fingerprint density at radius 2 is 1.71 bits per heavy atom. The molecule has 0 saturated carbocycles. The fraction of sp³-hybridized carbons (Fsp3) is 0.269. The Morgan fingerprint density at radius 3 is 2.39 bits per heavy atom. The lowest BCUT2D eigenvalue weighted by Crippen LogP contribution is -2.21. The van der Waals surface area contributed by atoms with Gasteiger partial charge < -0.3 is 9.84 Å². The molecule has 0 spiro atoms. The van der Waals surface area contributed by atoms with Gasteiger partial charge in [0.05, 0.1) is 6.10 Å². The van der Waals surface area contributed by atoms with Crippen molar-refractivity contribution >= 4 is 11.8 Å². The minimum Gasteiger partial charge on any atom is -0.448 e. The number of amides is 1. The van der Waals surface area contributed by atoms with E-state index < -0.39 is 6.09 Å². The van der Waals surface area contributed by atoms with Crippen LogP contribution in [-0.4, -0.2) is 41.9 Å². The van der Waals surface area contributed by atoms with Crippen LogP contribution in [-0.2, 0) is 11.3 Å². The molecule has 3 aromatic carbocycles. The number of benzene rings is 3. The van der Waals surface area contributed by atoms with E-state index in [0.717, 1.165) is 30.8 Å². The largest absolute Gasteiger partial charge is 0.448 e. The van der Waals surface area contributed by atoms with Gasteiger partial charge in [-0.25, -0.2) is 4.79 Å². The highest BCUT2D eigenvalue weighted by Gasteiger charge is 2.29. The summed E-state index contributed by atoms with van der Waals surface area (Å²) in [5, 5.41) is 12.6. The summed E-state index contributed by atoms with van der Waals surface area (Å²) in [5.74, 6) is 0.0473. The molecule has 0 radical (unpaired) electrons. The van der Waals surface area contributed by atoms with E-state index in [1.807, 2.05) is 48.5 Å². The topological polar surface area (TPSA) is 61.8 Å². The van der Waals surface area contributed by atoms with Crippen molar-refractivity contribution in [1.82, 2.24) is 4.90 Å². The van der Waals surface area contributed by atoms with Gasteiger partial charge in [-0.1, -0.05) is 60.7 Å². The molecule has 0 bridgehead atoms. The summed E-state index contributed by atoms with van der Waals surface area (Å²) >= 11 is 0. The van der Waals surface area contributed by atoms with Gasteiger partial charge in [0.25, 0.3) is 0 Å². The average Bonchev–Trinajstić information content (AvgIpc) is 3.33. The van der Waals surface area contributed by atoms with Crippen molar-refractivity contribution in [2.24, 2.45) is 0 Å². The minimum atomic E-state index is -0.449. The Kier molecular flexibility index (Phi) is 5.45. The highest BCUT2D eigenvalue weighted by Crippen LogP contribution is 2.44. The van der Waals surface area contributed by atoms with E-state index in [0.29, 0.717) is 13.2 Å². The van der Waals surface area contributed by atoms with Crippen molar-refractivity contribution < 1.29 is 14.6 Å². The van der Waals surface area contributed by atoms with E-state index in [4.69, 9.17) is 4.74 Å². The molecule has 1 saturated heterocycles. The Balaban J connectivity index is 1.22. The van der Waals surface area contributed by atoms with E-state index >= 15 is 0 Å². The second-order valence-corrected chi connectivity index (χ2v) is 8.33. The van der Waals surface area contributed by atoms with Gasteiger partial charge in [0.2, 0.25) is 0 Å². The Hall–Kier alpha value is -3.15. The molecular formula is C26H26N2O3. The van der Waals surface area contributed by atoms with Crippen LogP contribution in [0.5, 0.6) is 0 Å². The standard InChI is InChI=1S/C26H26N2O3/c29-20-12-13-28(16-20)15-18-6-5-7-19(14-18)27-26(30)31-17-25-23-10-3-1-8-21(23)22-9-2-4-11-24(22)25/h1-11,14,20,25,29H,12-13,15-17H2,(H,27,30). The molecule has 1 unspecified atom stereocenters. The molecule has 5 nitrogen and oxygen atoms in total. The molecule has 2 aliphatic rings. The van der Waals surface area contributed by atoms with Crippen molar-refractivity contribution in [3.05, 3.63) is 89.5 Å². The number of hydrogen-bond acceptors (Lipinski definition) is 4. The predicted molar refractivity (Wildman–Crippen MR) is 121 cm³/mol. The lowest BCUT2D eigenvalue weighted by Gasteiger charge is -2.16. The first-order valence-electron chi connectivity index (χ1n) is 10.8. The smallest absolute Gasteiger partial charge is 0.411 e. The number of nitrogens with zero attached hydrogens (tertiary/aromatic N) is 1. The number of carbonyl (C=O) groups excluding carboxylic acids is 1. The highest BCUT2D eigenvalue weighted by atomic mass is 16.5. The maximum atomic E-state index is 12.5. The number of aliphatic hydroxyl groups is 1. The monoisotopic (exact) mass is 414 g/mol. The molecule has 5 heteroatoms. The Labute approximate surface area is 182 Å². The summed E-state index contributed by atoms with van der Waals surface area (Å²) in [4.78, 5) is 14.7. The lowest BCUT2D eigenvalue weighted by atomic mass is 9.98. The first-order chi connectivity index (χ1) is 15.2. The molecule has 1 aliphatic heterocycles. The average molecular weight is 415 g/mol. The zero-order valence-corrected chi connectivity index (χ0v) is 17.3. The first kappa shape index (κ1) is 19.8. The van der Waals surface area contributed by atoms with E-state index in [1.54, 1.807) is 0 Å². The van der Waals surface area contributed by atoms with Crippen LogP contribution in [0.25, 0.3) is 11.1 Å². The number of rotatable bonds is 5. The van der Waals surface area contributed by atoms with Crippen LogP contribution in [0.4, 0.5) is 10.5 Å². The Morgan fingerprint density at radius 1 is 1.00 bits per heavy atom. The first-order valence-corrected chi connectivity index (χ1v) is 10.8. The van der Waals surface area contributed by atoms with Gasteiger partial charge >= 0.3 is 6.09 Å². The maximum Gasteiger partial charge on any atom is 0.411 e. The third-order valence-electron chi connectivity index (χ3n) is 6.17. The SMILES string of the molecule is O=C(Nc1cccc(CN2CCC(O)C2)c1)OCC1c2ccccc2-c2ccccc21. The molecule has 31 heavy (non-hydrogen) atoms. The van der Waals surface area contributed by atoms with Crippen molar-refractivity contribution in [2.75, 3.05) is 25.0 Å². The van der Waals surface area contributed by atoms with Crippen LogP contribution >= 0.6 is 0 Å². The van der Waals surface area contributed by atoms with Crippen LogP contribution in [0.1, 0.15) is 29.0 Å². The number of likely N-dealkylation sites (tertiary alicyclic amines) is 1. The number of carbonyl (C=O) groups is 1. The van der Waals surface area contributed by atoms with Gasteiger partial charge in [-0.15, -0.1) is 0 Å². The van der Waals surface area contributed by atoms with Crippen molar-refractivity contribution in [3.63, 3.8) is 0 Å². The van der Waals surface area contributed by atoms with E-state index in [1.165, 1.54) is 22.3 Å². The van der Waals surface area contributed by atoms with E-state index in [-0.39, 0.29) is 12.0 Å². The molecule has 1 amide bonds. The van der Waals surface area contributed by atoms with E-state index in [9.17, 15) is 9.90 Å². The molecule has 1 heterocycles. The molecule has 3 aromatic rings. The number of fused-ring (bicyclic) bond motifs is 3. The molecule has 1 atom stereocenters. The molecule has 158 valence electrons. The molecule has 1 fully saturated rings. The fourth-order valence-corrected chi connectivity index (χ4v) is 4.71. The van der Waals surface area contributed by atoms with Crippen LogP contribution < -0.4 is 5.32 Å². The number of hydrogen-bond donors (Lipinski definition) is 2. The summed E-state index contributed by atoms with van der Waals surface area (Å²) in [6, 6.07) is 24.4. The number of β-amino-alcohol motifs (C(OH)–C–C–N with tert-alkyl or cyclic N) is 1. The van der Waals surface area contributed by atoms with Crippen molar-refractivity contribution in [3.8, 4) is 11.1 Å². The third kappa shape index (κ3) is 4.20. The zero-order valence-electron chi connectivity index (χ0n) is 17.3. The molecule has 5 rings (SSSR count). The van der Waals surface area contributed by atoms with Gasteiger partial charge in [-0.05, 0) is 46.4 Å². The van der Waals surface area contributed by atoms with Crippen LogP contribution in [0.15, 0.2) is 72.8 Å². The zero-order chi connectivity index (χ0) is 21.2. The normalized spacial score (nSPS) is 17.9. The summed E-state index contributed by atoms with van der Waals surface area (Å²) in [6.07, 6.45) is 0.135. The summed E-state index contributed by atoms with van der Waals surface area (Å²) in [7, 11) is 0. The number of anilines is 1. The molecular weight excluding hydrogens is 388 g/mol. The third-order valence-corrected chi connectivity index (χ3v) is 6.17. The van der Waals surface area contributed by atoms with Gasteiger partial charge in [-0.3, -0.25) is 10.2 Å². The number of ether oxygens (including phenoxy) is 1. The minimum absolute atomic E-state index is 0.0473. The molecule has 0 aromatic heterocycles. The van der Waals surface area contributed by atoms with E-state index in [2.05, 4.69) is 34.5 Å². The fourth-order valence-electron chi connectivity index (χ4n) is 4.71. The van der Waals surface area contributed by atoms with Crippen molar-refractivity contribution in [1.29, 1.82) is 0 Å². The van der Waals surface area contributed by atoms with Crippen LogP contribution in [0.3, 0.4) is 0 Å². The Bertz CT molecular complexity index is 1050. The highest BCUT2D eigenvalue weighted by molar-refractivity contribution is 5.85. The predicted octanol–water partition coefficient (Wildman–Crippen LogP) is 4.61. The van der Waals surface area contributed by atoms with Gasteiger partial charge in [0.1, 0.15) is 6.61 Å². The van der Waals surface area contributed by atoms with Crippen LogP contribution in [0, 0.1) is 0 Å². The van der Waals surface area contributed by atoms with Crippen LogP contribution in [0.2, 0.25) is 0 Å². The summed E-state index contributed by atoms with van der Waals surface area (Å²) in [6.45, 7) is 2.65. The maximum absolute atomic E-state index is 12.5. The summed E-state index contributed by atoms with van der Waals surface area (Å²) < 4.78 is 5.64. The second kappa shape index (κ2) is 8.53. The molecule has 1 aliphatic carbocycles. The number of nitrogens with one attached hydrogen (secondary N) is 1. The quantitative estimate of drug-likeness (QED) is 0.640. The van der Waals surface area contributed by atoms with Gasteiger partial charge in [0.15, 0.2) is 0 Å². The van der Waals surface area contributed by atoms with Crippen molar-refractivity contribution in [2.45, 2.75) is 25.0 Å².